The van der Waals surface area contributed by atoms with Gasteiger partial charge >= 0.3 is 0 Å². The van der Waals surface area contributed by atoms with E-state index < -0.39 is 0 Å². The predicted molar refractivity (Wildman–Crippen MR) is 37.5 cm³/mol. The van der Waals surface area contributed by atoms with E-state index >= 15 is 0 Å². The average Bonchev–Trinajstić information content (AvgIpc) is 1.99. The third-order valence-electron chi connectivity index (χ3n) is 1.26. The zero-order valence-corrected chi connectivity index (χ0v) is 6.41. The Hall–Kier alpha value is -0.160. The van der Waals surface area contributed by atoms with Gasteiger partial charge in [-0.2, -0.15) is 0 Å². The van der Waals surface area contributed by atoms with Crippen LogP contribution in [0.3, 0.4) is 0 Å². The number of rotatable bonds is 5. The van der Waals surface area contributed by atoms with Crippen LogP contribution in [0.1, 0.15) is 6.42 Å². The second kappa shape index (κ2) is 5.61. The van der Waals surface area contributed by atoms with E-state index in [-0.39, 0.29) is 18.9 Å². The molecule has 0 amide bonds. The molecular formula is C6H15NO3. The Morgan fingerprint density at radius 1 is 1.40 bits per heavy atom. The summed E-state index contributed by atoms with van der Waals surface area (Å²) in [6.45, 7) is -0.0385. The van der Waals surface area contributed by atoms with Gasteiger partial charge in [-0.3, -0.25) is 0 Å². The first-order chi connectivity index (χ1) is 4.74. The van der Waals surface area contributed by atoms with Crippen LogP contribution < -0.4 is 5.73 Å². The summed E-state index contributed by atoms with van der Waals surface area (Å²) < 4.78 is 9.72. The van der Waals surface area contributed by atoms with Crippen molar-refractivity contribution in [2.45, 2.75) is 18.8 Å². The van der Waals surface area contributed by atoms with E-state index in [0.29, 0.717) is 6.42 Å². The second-order valence-electron chi connectivity index (χ2n) is 2.08. The minimum Gasteiger partial charge on any atom is -0.395 e. The molecule has 4 heteroatoms. The van der Waals surface area contributed by atoms with E-state index in [0.717, 1.165) is 0 Å². The largest absolute Gasteiger partial charge is 0.395 e. The van der Waals surface area contributed by atoms with Crippen molar-refractivity contribution < 1.29 is 14.6 Å². The molecule has 0 aliphatic heterocycles. The maximum Gasteiger partial charge on any atom is 0.158 e. The Bertz CT molecular complexity index is 75.4. The molecule has 0 aromatic heterocycles. The van der Waals surface area contributed by atoms with Gasteiger partial charge in [0.15, 0.2) is 6.29 Å². The van der Waals surface area contributed by atoms with Crippen LogP contribution in [0.25, 0.3) is 0 Å². The van der Waals surface area contributed by atoms with Crippen LogP contribution in [-0.2, 0) is 9.47 Å². The number of hydrogen-bond acceptors (Lipinski definition) is 4. The summed E-state index contributed by atoms with van der Waals surface area (Å²) in [5.74, 6) is 0. The van der Waals surface area contributed by atoms with Crippen LogP contribution in [0.15, 0.2) is 0 Å². The van der Waals surface area contributed by atoms with Crippen molar-refractivity contribution >= 4 is 0 Å². The van der Waals surface area contributed by atoms with Gasteiger partial charge in [-0.15, -0.1) is 0 Å². The molecule has 0 aromatic carbocycles. The van der Waals surface area contributed by atoms with Crippen molar-refractivity contribution in [3.05, 3.63) is 0 Å². The van der Waals surface area contributed by atoms with E-state index in [1.54, 1.807) is 0 Å². The van der Waals surface area contributed by atoms with Gasteiger partial charge in [0.25, 0.3) is 0 Å². The average molecular weight is 149 g/mol. The first-order valence-electron chi connectivity index (χ1n) is 3.16. The quantitative estimate of drug-likeness (QED) is 0.508. The molecule has 0 radical (unpaired) electrons. The Labute approximate surface area is 60.9 Å². The minimum atomic E-state index is -0.304. The Morgan fingerprint density at radius 3 is 2.20 bits per heavy atom. The molecule has 0 aliphatic carbocycles. The Kier molecular flexibility index (Phi) is 5.52. The first kappa shape index (κ1) is 9.84. The van der Waals surface area contributed by atoms with Gasteiger partial charge in [0.05, 0.1) is 6.61 Å². The van der Waals surface area contributed by atoms with Crippen molar-refractivity contribution in [3.63, 3.8) is 0 Å². The van der Waals surface area contributed by atoms with Crippen molar-refractivity contribution in [2.75, 3.05) is 20.8 Å². The number of ether oxygens (including phenoxy) is 2. The summed E-state index contributed by atoms with van der Waals surface area (Å²) in [6.07, 6.45) is 0.214. The maximum absolute atomic E-state index is 8.54. The van der Waals surface area contributed by atoms with Crippen LogP contribution in [0.4, 0.5) is 0 Å². The molecule has 0 unspecified atom stereocenters. The van der Waals surface area contributed by atoms with Gasteiger partial charge in [0, 0.05) is 26.7 Å². The molecule has 0 saturated heterocycles. The smallest absolute Gasteiger partial charge is 0.158 e. The highest BCUT2D eigenvalue weighted by atomic mass is 16.7. The fourth-order valence-electron chi connectivity index (χ4n) is 0.610. The lowest BCUT2D eigenvalue weighted by Crippen LogP contribution is -2.31. The topological polar surface area (TPSA) is 64.7 Å². The molecule has 1 atom stereocenters. The summed E-state index contributed by atoms with van der Waals surface area (Å²) in [7, 11) is 3.08. The third kappa shape index (κ3) is 3.79. The molecule has 4 nitrogen and oxygen atoms in total. The van der Waals surface area contributed by atoms with Crippen LogP contribution >= 0.6 is 0 Å². The van der Waals surface area contributed by atoms with Crippen molar-refractivity contribution in [3.8, 4) is 0 Å². The van der Waals surface area contributed by atoms with Gasteiger partial charge in [-0.05, 0) is 0 Å². The maximum atomic E-state index is 8.54. The predicted octanol–water partition coefficient (Wildman–Crippen LogP) is -0.685. The van der Waals surface area contributed by atoms with Crippen LogP contribution in [0.5, 0.6) is 0 Å². The lowest BCUT2D eigenvalue weighted by atomic mass is 10.2. The van der Waals surface area contributed by atoms with Crippen LogP contribution in [-0.4, -0.2) is 38.3 Å². The summed E-state index contributed by atoms with van der Waals surface area (Å²) in [6, 6.07) is -0.259. The second-order valence-corrected chi connectivity index (χ2v) is 2.08. The normalized spacial score (nSPS) is 14.1. The number of aliphatic hydroxyl groups is 1. The van der Waals surface area contributed by atoms with Gasteiger partial charge in [0.2, 0.25) is 0 Å². The number of nitrogens with two attached hydrogens (primary N) is 1. The number of aliphatic hydroxyl groups excluding tert-OH is 1. The summed E-state index contributed by atoms with van der Waals surface area (Å²) in [5, 5.41) is 8.54. The van der Waals surface area contributed by atoms with Crippen molar-refractivity contribution in [1.82, 2.24) is 0 Å². The standard InChI is InChI=1S/C6H15NO3/c1-9-6(10-2)3-5(7)4-8/h5-6,8H,3-4,7H2,1-2H3/t5-/m0/s1. The van der Waals surface area contributed by atoms with E-state index in [9.17, 15) is 0 Å². The summed E-state index contributed by atoms with van der Waals surface area (Å²) >= 11 is 0. The zero-order valence-electron chi connectivity index (χ0n) is 6.41. The van der Waals surface area contributed by atoms with Crippen LogP contribution in [0.2, 0.25) is 0 Å². The Morgan fingerprint density at radius 2 is 1.90 bits per heavy atom. The van der Waals surface area contributed by atoms with E-state index in [4.69, 9.17) is 20.3 Å². The highest BCUT2D eigenvalue weighted by Gasteiger charge is 2.09. The number of hydrogen-bond donors (Lipinski definition) is 2. The molecule has 0 rings (SSSR count). The first-order valence-corrected chi connectivity index (χ1v) is 3.16. The van der Waals surface area contributed by atoms with E-state index in [1.165, 1.54) is 14.2 Å². The molecule has 0 spiro atoms. The third-order valence-corrected chi connectivity index (χ3v) is 1.26. The fraction of sp³-hybridized carbons (Fsp3) is 1.00. The lowest BCUT2D eigenvalue weighted by molar-refractivity contribution is -0.110. The molecule has 0 bridgehead atoms. The Balaban J connectivity index is 3.41. The fourth-order valence-corrected chi connectivity index (χ4v) is 0.610. The van der Waals surface area contributed by atoms with Gasteiger partial charge in [0.1, 0.15) is 0 Å². The molecule has 10 heavy (non-hydrogen) atoms. The molecular weight excluding hydrogens is 134 g/mol. The van der Waals surface area contributed by atoms with Crippen molar-refractivity contribution in [2.24, 2.45) is 5.73 Å². The van der Waals surface area contributed by atoms with Crippen LogP contribution in [0, 0.1) is 0 Å². The van der Waals surface area contributed by atoms with Gasteiger partial charge < -0.3 is 20.3 Å². The lowest BCUT2D eigenvalue weighted by Gasteiger charge is -2.16. The summed E-state index contributed by atoms with van der Waals surface area (Å²) in [4.78, 5) is 0. The van der Waals surface area contributed by atoms with Crippen molar-refractivity contribution in [1.29, 1.82) is 0 Å². The molecule has 0 fully saturated rings. The summed E-state index contributed by atoms with van der Waals surface area (Å²) in [5.41, 5.74) is 5.42. The number of methoxy groups -OCH3 is 2. The van der Waals surface area contributed by atoms with E-state index in [1.807, 2.05) is 0 Å². The highest BCUT2D eigenvalue weighted by molar-refractivity contribution is 4.60. The van der Waals surface area contributed by atoms with E-state index in [2.05, 4.69) is 0 Å². The highest BCUT2D eigenvalue weighted by Crippen LogP contribution is 1.99. The minimum absolute atomic E-state index is 0.0385. The zero-order chi connectivity index (χ0) is 7.98. The molecule has 0 aromatic rings. The monoisotopic (exact) mass is 149 g/mol. The van der Waals surface area contributed by atoms with Gasteiger partial charge in [-0.1, -0.05) is 0 Å². The molecule has 0 saturated carbocycles. The van der Waals surface area contributed by atoms with Gasteiger partial charge in [-0.25, -0.2) is 0 Å². The molecule has 3 N–H and O–H groups in total. The molecule has 0 aliphatic rings. The molecule has 0 heterocycles. The molecule has 62 valence electrons. The SMILES string of the molecule is COC(C[C@H](N)CO)OC.